The molecule has 0 spiro atoms. The quantitative estimate of drug-likeness (QED) is 0.548. The van der Waals surface area contributed by atoms with E-state index in [0.29, 0.717) is 18.8 Å². The molecule has 3 atom stereocenters. The van der Waals surface area contributed by atoms with E-state index in [1.54, 1.807) is 14.0 Å². The van der Waals surface area contributed by atoms with Gasteiger partial charge < -0.3 is 14.2 Å². The zero-order chi connectivity index (χ0) is 17.6. The summed E-state index contributed by atoms with van der Waals surface area (Å²) in [5, 5.41) is 0. The van der Waals surface area contributed by atoms with Crippen LogP contribution in [0.5, 0.6) is 0 Å². The molecule has 0 N–H and O–H groups in total. The number of esters is 2. The number of rotatable bonds is 6. The molecule has 1 rings (SSSR count). The average Bonchev–Trinajstić information content (AvgIpc) is 2.54. The fraction of sp³-hybridized carbons (Fsp3) is 0.706. The third-order valence-corrected chi connectivity index (χ3v) is 4.33. The van der Waals surface area contributed by atoms with Gasteiger partial charge in [0.05, 0.1) is 32.7 Å². The predicted molar refractivity (Wildman–Crippen MR) is 84.9 cm³/mol. The van der Waals surface area contributed by atoms with Crippen LogP contribution in [0.15, 0.2) is 12.2 Å². The summed E-state index contributed by atoms with van der Waals surface area (Å²) >= 11 is 0. The van der Waals surface area contributed by atoms with Gasteiger partial charge >= 0.3 is 23.8 Å². The zero-order valence-corrected chi connectivity index (χ0v) is 14.8. The highest BCUT2D eigenvalue weighted by molar-refractivity contribution is 5.92. The van der Waals surface area contributed by atoms with E-state index in [4.69, 9.17) is 13.9 Å². The van der Waals surface area contributed by atoms with Crippen molar-refractivity contribution in [3.8, 4) is 0 Å². The summed E-state index contributed by atoms with van der Waals surface area (Å²) in [4.78, 5) is 23.7. The zero-order valence-electron chi connectivity index (χ0n) is 14.8. The fourth-order valence-corrected chi connectivity index (χ4v) is 2.90. The van der Waals surface area contributed by atoms with Gasteiger partial charge in [0, 0.05) is 26.0 Å². The van der Waals surface area contributed by atoms with Gasteiger partial charge in [-0.15, -0.1) is 0 Å². The van der Waals surface area contributed by atoms with Crippen LogP contribution in [-0.2, 0) is 28.2 Å². The number of carbonyl (C=O) groups is 2. The second-order valence-corrected chi connectivity index (χ2v) is 6.25. The number of carbonyl (C=O) groups excluding carboxylic acids is 3. The Morgan fingerprint density at radius 3 is 2.48 bits per heavy atom. The third-order valence-electron chi connectivity index (χ3n) is 4.33. The van der Waals surface area contributed by atoms with Crippen molar-refractivity contribution in [2.45, 2.75) is 33.3 Å². The van der Waals surface area contributed by atoms with Crippen molar-refractivity contribution < 1.29 is 28.2 Å². The first-order valence-corrected chi connectivity index (χ1v) is 7.63. The molecule has 6 heteroatoms. The van der Waals surface area contributed by atoms with Crippen LogP contribution in [0, 0.1) is 17.3 Å². The molecule has 0 aromatic rings. The summed E-state index contributed by atoms with van der Waals surface area (Å²) in [7, 11) is 4.33. The third kappa shape index (κ3) is 4.64. The summed E-state index contributed by atoms with van der Waals surface area (Å²) in [6.07, 6.45) is 3.63. The monoisotopic (exact) mass is 327 g/mol. The topological polar surface area (TPSA) is 73.1 Å². The predicted octanol–water partition coefficient (Wildman–Crippen LogP) is 1.69. The van der Waals surface area contributed by atoms with Gasteiger partial charge in [0.1, 0.15) is 0 Å². The van der Waals surface area contributed by atoms with Crippen molar-refractivity contribution >= 4 is 17.7 Å². The standard InChI is InChI=1S/C17H27O6/c1-11(15(18)21-5)23-13-8-7-12(10-20-4)14(9-13)17(2,3)16(19)22-6/h7-8,11-12,14H,9-10H2,1-6H3/q+1/t11-,12-,14-/m1/s1. The molecule has 0 aromatic carbocycles. The van der Waals surface area contributed by atoms with Crippen LogP contribution in [0.2, 0.25) is 0 Å². The maximum atomic E-state index is 12.2. The first-order chi connectivity index (χ1) is 10.8. The lowest BCUT2D eigenvalue weighted by atomic mass is 9.67. The molecule has 1 aliphatic carbocycles. The van der Waals surface area contributed by atoms with Crippen LogP contribution in [0.3, 0.4) is 0 Å². The van der Waals surface area contributed by atoms with Gasteiger partial charge in [-0.3, -0.25) is 4.79 Å². The molecule has 130 valence electrons. The molecule has 0 fully saturated rings. The molecule has 0 heterocycles. The van der Waals surface area contributed by atoms with E-state index in [9.17, 15) is 9.59 Å². The second kappa shape index (κ2) is 8.24. The Bertz CT molecular complexity index is 491. The Morgan fingerprint density at radius 2 is 1.96 bits per heavy atom. The van der Waals surface area contributed by atoms with Crippen molar-refractivity contribution in [3.63, 3.8) is 0 Å². The minimum Gasteiger partial charge on any atom is -0.469 e. The molecule has 23 heavy (non-hydrogen) atoms. The van der Waals surface area contributed by atoms with Gasteiger partial charge in [-0.05, 0) is 19.8 Å². The van der Waals surface area contributed by atoms with Crippen molar-refractivity contribution in [2.75, 3.05) is 27.9 Å². The molecular formula is C17H27O6+. The van der Waals surface area contributed by atoms with Crippen LogP contribution in [0.25, 0.3) is 0 Å². The number of methoxy groups -OCH3 is 3. The second-order valence-electron chi connectivity index (χ2n) is 6.25. The van der Waals surface area contributed by atoms with Crippen molar-refractivity contribution in [3.05, 3.63) is 12.2 Å². The maximum Gasteiger partial charge on any atom is 0.406 e. The summed E-state index contributed by atoms with van der Waals surface area (Å²) in [6.45, 7) is 5.84. The van der Waals surface area contributed by atoms with Crippen molar-refractivity contribution in [2.24, 2.45) is 17.3 Å². The van der Waals surface area contributed by atoms with Crippen LogP contribution < -0.4 is 0 Å². The molecule has 0 aliphatic heterocycles. The fourth-order valence-electron chi connectivity index (χ4n) is 2.90. The van der Waals surface area contributed by atoms with Gasteiger partial charge in [0.15, 0.2) is 0 Å². The Labute approximate surface area is 137 Å². The van der Waals surface area contributed by atoms with E-state index in [-0.39, 0.29) is 17.8 Å². The summed E-state index contributed by atoms with van der Waals surface area (Å²) in [6, 6.07) is 0. The van der Waals surface area contributed by atoms with Crippen LogP contribution in [0.4, 0.5) is 0 Å². The van der Waals surface area contributed by atoms with Gasteiger partial charge in [-0.25, -0.2) is 9.22 Å². The smallest absolute Gasteiger partial charge is 0.406 e. The van der Waals surface area contributed by atoms with Crippen molar-refractivity contribution in [1.82, 2.24) is 0 Å². The minimum atomic E-state index is -0.703. The van der Waals surface area contributed by atoms with Crippen molar-refractivity contribution in [1.29, 1.82) is 0 Å². The molecule has 0 aromatic heterocycles. The minimum absolute atomic E-state index is 0.0558. The van der Waals surface area contributed by atoms with E-state index in [1.807, 2.05) is 26.0 Å². The van der Waals surface area contributed by atoms with Gasteiger partial charge in [-0.1, -0.05) is 6.08 Å². The number of ether oxygens (including phenoxy) is 3. The van der Waals surface area contributed by atoms with Crippen LogP contribution in [0.1, 0.15) is 27.2 Å². The normalized spacial score (nSPS) is 24.3. The van der Waals surface area contributed by atoms with E-state index in [1.165, 1.54) is 14.2 Å². The van der Waals surface area contributed by atoms with E-state index >= 15 is 0 Å². The number of allylic oxidation sites excluding steroid dienone is 1. The van der Waals surface area contributed by atoms with Gasteiger partial charge in [0.25, 0.3) is 0 Å². The summed E-state index contributed by atoms with van der Waals surface area (Å²) in [5.74, 6) is -0.0557. The van der Waals surface area contributed by atoms with Gasteiger partial charge in [0.2, 0.25) is 0 Å². The Hall–Kier alpha value is -1.69. The largest absolute Gasteiger partial charge is 0.469 e. The lowest BCUT2D eigenvalue weighted by molar-refractivity contribution is -0.486. The van der Waals surface area contributed by atoms with Crippen LogP contribution >= 0.6 is 0 Å². The average molecular weight is 327 g/mol. The highest BCUT2D eigenvalue weighted by atomic mass is 16.5. The summed E-state index contributed by atoms with van der Waals surface area (Å²) in [5.41, 5.74) is -0.703. The first kappa shape index (κ1) is 19.4. The molecule has 1 aliphatic rings. The number of hydrogen-bond acceptors (Lipinski definition) is 5. The maximum absolute atomic E-state index is 12.2. The van der Waals surface area contributed by atoms with E-state index < -0.39 is 17.5 Å². The molecule has 0 radical (unpaired) electrons. The Morgan fingerprint density at radius 1 is 1.30 bits per heavy atom. The lowest BCUT2D eigenvalue weighted by Crippen LogP contribution is -2.42. The highest BCUT2D eigenvalue weighted by Gasteiger charge is 2.45. The molecule has 0 saturated carbocycles. The van der Waals surface area contributed by atoms with Crippen LogP contribution in [-0.4, -0.2) is 51.8 Å². The van der Waals surface area contributed by atoms with Gasteiger partial charge in [-0.2, -0.15) is 0 Å². The Kier molecular flexibility index (Phi) is 6.94. The molecule has 6 nitrogen and oxygen atoms in total. The lowest BCUT2D eigenvalue weighted by Gasteiger charge is -2.36. The summed E-state index contributed by atoms with van der Waals surface area (Å²) < 4.78 is 20.5. The Balaban J connectivity index is 3.08. The number of ketones is 1. The van der Waals surface area contributed by atoms with E-state index in [0.717, 1.165) is 0 Å². The molecular weight excluding hydrogens is 300 g/mol. The SMILES string of the molecule is COC[C@H]1C=CC(=[O+][C@H](C)C(=O)OC)C[C@H]1C(C)(C)C(=O)OC. The molecule has 0 bridgehead atoms. The van der Waals surface area contributed by atoms with E-state index in [2.05, 4.69) is 4.74 Å². The highest BCUT2D eigenvalue weighted by Crippen LogP contribution is 2.39. The number of hydrogen-bond donors (Lipinski definition) is 0. The molecule has 0 saturated heterocycles. The first-order valence-electron chi connectivity index (χ1n) is 7.63. The molecule has 0 amide bonds. The molecule has 0 unspecified atom stereocenters.